The Morgan fingerprint density at radius 1 is 1.20 bits per heavy atom. The molecule has 1 aliphatic rings. The van der Waals surface area contributed by atoms with Gasteiger partial charge in [-0.2, -0.15) is 0 Å². The second-order valence-electron chi connectivity index (χ2n) is 4.75. The molecule has 1 fully saturated rings. The van der Waals surface area contributed by atoms with Crippen molar-refractivity contribution in [2.75, 3.05) is 0 Å². The van der Waals surface area contributed by atoms with E-state index in [9.17, 15) is 0 Å². The van der Waals surface area contributed by atoms with E-state index in [1.54, 1.807) is 5.56 Å². The highest BCUT2D eigenvalue weighted by Crippen LogP contribution is 2.37. The van der Waals surface area contributed by atoms with Gasteiger partial charge in [-0.25, -0.2) is 0 Å². The summed E-state index contributed by atoms with van der Waals surface area (Å²) in [7, 11) is 0. The molecule has 1 saturated carbocycles. The summed E-state index contributed by atoms with van der Waals surface area (Å²) < 4.78 is 0. The van der Waals surface area contributed by atoms with Crippen LogP contribution in [-0.2, 0) is 0 Å². The van der Waals surface area contributed by atoms with Gasteiger partial charge >= 0.3 is 0 Å². The number of aryl methyl sites for hydroxylation is 1. The van der Waals surface area contributed by atoms with Crippen LogP contribution in [0.1, 0.15) is 48.3 Å². The minimum absolute atomic E-state index is 0.733. The van der Waals surface area contributed by atoms with E-state index < -0.39 is 0 Å². The van der Waals surface area contributed by atoms with E-state index in [2.05, 4.69) is 48.0 Å². The monoisotopic (exact) mass is 266 g/mol. The normalized spacial score (nSPS) is 26.6. The lowest BCUT2D eigenvalue weighted by molar-refractivity contribution is 0.456. The van der Waals surface area contributed by atoms with Gasteiger partial charge in [0.2, 0.25) is 0 Å². The molecule has 0 aliphatic heterocycles. The molecule has 15 heavy (non-hydrogen) atoms. The molecule has 0 bridgehead atoms. The Bertz CT molecular complexity index is 343. The van der Waals surface area contributed by atoms with Crippen molar-refractivity contribution in [1.82, 2.24) is 0 Å². The van der Waals surface area contributed by atoms with Crippen molar-refractivity contribution in [2.24, 2.45) is 0 Å². The molecule has 1 aromatic rings. The van der Waals surface area contributed by atoms with Crippen LogP contribution in [0.5, 0.6) is 0 Å². The Morgan fingerprint density at radius 3 is 2.73 bits per heavy atom. The summed E-state index contributed by atoms with van der Waals surface area (Å²) in [5.41, 5.74) is 4.52. The molecular formula is C14H19Br. The minimum Gasteiger partial charge on any atom is -0.0890 e. The predicted octanol–water partition coefficient (Wildman–Crippen LogP) is 4.72. The van der Waals surface area contributed by atoms with E-state index >= 15 is 0 Å². The van der Waals surface area contributed by atoms with Crippen molar-refractivity contribution in [3.8, 4) is 0 Å². The summed E-state index contributed by atoms with van der Waals surface area (Å²) in [6, 6.07) is 6.74. The van der Waals surface area contributed by atoms with Crippen LogP contribution in [0.2, 0.25) is 0 Å². The zero-order chi connectivity index (χ0) is 10.8. The molecule has 0 heterocycles. The fourth-order valence-corrected chi connectivity index (χ4v) is 3.40. The molecule has 0 radical (unpaired) electrons. The summed E-state index contributed by atoms with van der Waals surface area (Å²) in [6.07, 6.45) is 5.39. The third-order valence-electron chi connectivity index (χ3n) is 3.70. The molecule has 82 valence electrons. The molecule has 0 amide bonds. The van der Waals surface area contributed by atoms with Gasteiger partial charge in [0, 0.05) is 4.83 Å². The third kappa shape index (κ3) is 2.44. The van der Waals surface area contributed by atoms with Crippen molar-refractivity contribution in [3.05, 3.63) is 34.9 Å². The lowest BCUT2D eigenvalue weighted by Gasteiger charge is -2.27. The van der Waals surface area contributed by atoms with Crippen LogP contribution in [0.25, 0.3) is 0 Å². The van der Waals surface area contributed by atoms with Gasteiger partial charge in [0.05, 0.1) is 0 Å². The predicted molar refractivity (Wildman–Crippen MR) is 69.8 cm³/mol. The molecule has 0 N–H and O–H groups in total. The van der Waals surface area contributed by atoms with Gasteiger partial charge in [-0.1, -0.05) is 40.5 Å². The molecule has 1 heteroatoms. The van der Waals surface area contributed by atoms with Crippen LogP contribution in [-0.4, -0.2) is 4.83 Å². The minimum atomic E-state index is 0.733. The van der Waals surface area contributed by atoms with Crippen molar-refractivity contribution in [3.63, 3.8) is 0 Å². The van der Waals surface area contributed by atoms with Gasteiger partial charge in [0.1, 0.15) is 0 Å². The second-order valence-corrected chi connectivity index (χ2v) is 6.04. The largest absolute Gasteiger partial charge is 0.0890 e. The van der Waals surface area contributed by atoms with Gasteiger partial charge in [-0.15, -0.1) is 0 Å². The smallest absolute Gasteiger partial charge is 0.0151 e. The first-order chi connectivity index (χ1) is 7.18. The Kier molecular flexibility index (Phi) is 3.50. The Balaban J connectivity index is 2.24. The molecule has 2 unspecified atom stereocenters. The molecule has 1 aromatic carbocycles. The average molecular weight is 267 g/mol. The zero-order valence-corrected chi connectivity index (χ0v) is 11.2. The quantitative estimate of drug-likeness (QED) is 0.645. The van der Waals surface area contributed by atoms with Crippen LogP contribution >= 0.6 is 15.9 Å². The summed E-state index contributed by atoms with van der Waals surface area (Å²) in [5, 5.41) is 0. The van der Waals surface area contributed by atoms with Crippen LogP contribution < -0.4 is 0 Å². The van der Waals surface area contributed by atoms with Gasteiger partial charge in [0.15, 0.2) is 0 Å². The van der Waals surface area contributed by atoms with Crippen molar-refractivity contribution in [2.45, 2.75) is 50.3 Å². The van der Waals surface area contributed by atoms with E-state index in [1.807, 2.05) is 0 Å². The third-order valence-corrected chi connectivity index (χ3v) is 4.53. The highest BCUT2D eigenvalue weighted by Gasteiger charge is 2.22. The van der Waals surface area contributed by atoms with E-state index in [4.69, 9.17) is 0 Å². The highest BCUT2D eigenvalue weighted by molar-refractivity contribution is 9.09. The maximum atomic E-state index is 3.77. The van der Waals surface area contributed by atoms with Gasteiger partial charge < -0.3 is 0 Å². The fourth-order valence-electron chi connectivity index (χ4n) is 2.63. The van der Waals surface area contributed by atoms with Crippen LogP contribution in [0.3, 0.4) is 0 Å². The zero-order valence-electron chi connectivity index (χ0n) is 9.59. The van der Waals surface area contributed by atoms with Crippen LogP contribution in [0.4, 0.5) is 0 Å². The number of rotatable bonds is 1. The summed E-state index contributed by atoms with van der Waals surface area (Å²) in [4.78, 5) is 0.733. The molecule has 2 atom stereocenters. The average Bonchev–Trinajstić information content (AvgIpc) is 2.22. The summed E-state index contributed by atoms with van der Waals surface area (Å²) in [5.74, 6) is 0.781. The highest BCUT2D eigenvalue weighted by atomic mass is 79.9. The molecule has 0 nitrogen and oxygen atoms in total. The van der Waals surface area contributed by atoms with Gasteiger partial charge in [-0.05, 0) is 55.7 Å². The van der Waals surface area contributed by atoms with Crippen LogP contribution in [0, 0.1) is 13.8 Å². The van der Waals surface area contributed by atoms with Crippen LogP contribution in [0.15, 0.2) is 18.2 Å². The van der Waals surface area contributed by atoms with Gasteiger partial charge in [0.25, 0.3) is 0 Å². The standard InChI is InChI=1S/C14H19Br/c1-10-5-3-8-14(11(10)2)12-6-4-7-13(15)9-12/h3,5,8,12-13H,4,6-7,9H2,1-2H3. The SMILES string of the molecule is Cc1cccc(C2CCCC(Br)C2)c1C. The van der Waals surface area contributed by atoms with E-state index in [0.29, 0.717) is 0 Å². The molecule has 2 rings (SSSR count). The molecule has 0 aromatic heterocycles. The number of alkyl halides is 1. The Hall–Kier alpha value is -0.300. The summed E-state index contributed by atoms with van der Waals surface area (Å²) in [6.45, 7) is 4.48. The molecule has 1 aliphatic carbocycles. The Labute approximate surface area is 101 Å². The topological polar surface area (TPSA) is 0 Å². The van der Waals surface area contributed by atoms with E-state index in [1.165, 1.54) is 36.8 Å². The number of hydrogen-bond donors (Lipinski definition) is 0. The van der Waals surface area contributed by atoms with E-state index in [-0.39, 0.29) is 0 Å². The first-order valence-electron chi connectivity index (χ1n) is 5.88. The number of benzene rings is 1. The second kappa shape index (κ2) is 4.69. The maximum Gasteiger partial charge on any atom is 0.0151 e. The summed E-state index contributed by atoms with van der Waals surface area (Å²) >= 11 is 3.77. The molecule has 0 saturated heterocycles. The number of halogens is 1. The maximum absolute atomic E-state index is 3.77. The van der Waals surface area contributed by atoms with Crippen molar-refractivity contribution < 1.29 is 0 Å². The first kappa shape index (κ1) is 11.2. The van der Waals surface area contributed by atoms with Gasteiger partial charge in [-0.3, -0.25) is 0 Å². The van der Waals surface area contributed by atoms with Crippen molar-refractivity contribution >= 4 is 15.9 Å². The molecular weight excluding hydrogens is 248 g/mol. The fraction of sp³-hybridized carbons (Fsp3) is 0.571. The lowest BCUT2D eigenvalue weighted by atomic mass is 9.81. The lowest BCUT2D eigenvalue weighted by Crippen LogP contribution is -2.14. The Morgan fingerprint density at radius 2 is 2.00 bits per heavy atom. The molecule has 0 spiro atoms. The number of hydrogen-bond acceptors (Lipinski definition) is 0. The van der Waals surface area contributed by atoms with E-state index in [0.717, 1.165) is 10.7 Å². The van der Waals surface area contributed by atoms with Crippen molar-refractivity contribution in [1.29, 1.82) is 0 Å². The first-order valence-corrected chi connectivity index (χ1v) is 6.80.